The van der Waals surface area contributed by atoms with E-state index in [9.17, 15) is 9.90 Å². The van der Waals surface area contributed by atoms with Crippen molar-refractivity contribution < 1.29 is 19.4 Å². The molecule has 1 amide bonds. The highest BCUT2D eigenvalue weighted by Gasteiger charge is 2.14. The third-order valence-electron chi connectivity index (χ3n) is 3.35. The first kappa shape index (κ1) is 19.6. The quantitative estimate of drug-likeness (QED) is 0.689. The zero-order chi connectivity index (χ0) is 18.4. The molecule has 0 radical (unpaired) electrons. The van der Waals surface area contributed by atoms with Crippen LogP contribution in [0.2, 0.25) is 5.02 Å². The molecule has 0 aliphatic heterocycles. The average Bonchev–Trinajstić information content (AvgIpc) is 2.57. The van der Waals surface area contributed by atoms with Crippen LogP contribution in [0.5, 0.6) is 11.5 Å². The number of nitrogens with one attached hydrogen (secondary N) is 1. The van der Waals surface area contributed by atoms with Gasteiger partial charge in [0.15, 0.2) is 18.1 Å². The molecule has 0 aliphatic carbocycles. The molecule has 2 aromatic rings. The van der Waals surface area contributed by atoms with Crippen molar-refractivity contribution in [1.29, 1.82) is 0 Å². The molecule has 0 atom stereocenters. The SMILES string of the molecule is CCOc1cc(CO)cc(Br)c1OCC(=O)Nc1ccc(C)c(Cl)c1. The third kappa shape index (κ3) is 5.36. The van der Waals surface area contributed by atoms with Crippen LogP contribution >= 0.6 is 27.5 Å². The van der Waals surface area contributed by atoms with Gasteiger partial charge in [-0.05, 0) is 65.2 Å². The van der Waals surface area contributed by atoms with Crippen LogP contribution in [0.1, 0.15) is 18.1 Å². The van der Waals surface area contributed by atoms with E-state index in [1.54, 1.807) is 24.3 Å². The van der Waals surface area contributed by atoms with Crippen LogP contribution in [0, 0.1) is 6.92 Å². The number of ether oxygens (including phenoxy) is 2. The van der Waals surface area contributed by atoms with Gasteiger partial charge in [-0.3, -0.25) is 4.79 Å². The molecule has 0 saturated heterocycles. The van der Waals surface area contributed by atoms with Crippen LogP contribution in [0.4, 0.5) is 5.69 Å². The second-order valence-corrected chi connectivity index (χ2v) is 6.56. The summed E-state index contributed by atoms with van der Waals surface area (Å²) in [6, 6.07) is 8.69. The normalized spacial score (nSPS) is 10.4. The third-order valence-corrected chi connectivity index (χ3v) is 4.35. The number of halogens is 2. The molecular weight excluding hydrogens is 410 g/mol. The molecule has 2 aromatic carbocycles. The molecule has 0 fully saturated rings. The highest BCUT2D eigenvalue weighted by Crippen LogP contribution is 2.37. The van der Waals surface area contributed by atoms with Gasteiger partial charge in [0.1, 0.15) is 0 Å². The highest BCUT2D eigenvalue weighted by atomic mass is 79.9. The molecule has 0 bridgehead atoms. The van der Waals surface area contributed by atoms with Crippen LogP contribution in [0.3, 0.4) is 0 Å². The fourth-order valence-corrected chi connectivity index (χ4v) is 2.91. The van der Waals surface area contributed by atoms with E-state index in [2.05, 4.69) is 21.2 Å². The van der Waals surface area contributed by atoms with Crippen molar-refractivity contribution in [2.75, 3.05) is 18.5 Å². The number of anilines is 1. The Bertz CT molecular complexity index is 767. The van der Waals surface area contributed by atoms with E-state index >= 15 is 0 Å². The number of amides is 1. The molecule has 0 aliphatic rings. The van der Waals surface area contributed by atoms with Crippen LogP contribution < -0.4 is 14.8 Å². The van der Waals surface area contributed by atoms with Crippen molar-refractivity contribution in [1.82, 2.24) is 0 Å². The first-order valence-electron chi connectivity index (χ1n) is 7.69. The van der Waals surface area contributed by atoms with E-state index < -0.39 is 0 Å². The van der Waals surface area contributed by atoms with E-state index in [4.69, 9.17) is 21.1 Å². The van der Waals surface area contributed by atoms with Gasteiger partial charge in [-0.2, -0.15) is 0 Å². The lowest BCUT2D eigenvalue weighted by Crippen LogP contribution is -2.20. The zero-order valence-corrected chi connectivity index (χ0v) is 16.3. The van der Waals surface area contributed by atoms with Gasteiger partial charge in [-0.15, -0.1) is 0 Å². The van der Waals surface area contributed by atoms with Crippen molar-refractivity contribution in [2.24, 2.45) is 0 Å². The predicted molar refractivity (Wildman–Crippen MR) is 102 cm³/mol. The largest absolute Gasteiger partial charge is 0.490 e. The first-order chi connectivity index (χ1) is 11.9. The Morgan fingerprint density at radius 1 is 1.28 bits per heavy atom. The second kappa shape index (κ2) is 9.08. The van der Waals surface area contributed by atoms with Gasteiger partial charge in [0, 0.05) is 10.7 Å². The minimum Gasteiger partial charge on any atom is -0.490 e. The zero-order valence-electron chi connectivity index (χ0n) is 13.9. The van der Waals surface area contributed by atoms with E-state index in [1.807, 2.05) is 19.9 Å². The monoisotopic (exact) mass is 427 g/mol. The van der Waals surface area contributed by atoms with Gasteiger partial charge >= 0.3 is 0 Å². The fraction of sp³-hybridized carbons (Fsp3) is 0.278. The van der Waals surface area contributed by atoms with Crippen molar-refractivity contribution >= 4 is 39.1 Å². The van der Waals surface area contributed by atoms with E-state index in [1.165, 1.54) is 0 Å². The van der Waals surface area contributed by atoms with E-state index in [0.29, 0.717) is 38.9 Å². The number of aryl methyl sites for hydroxylation is 1. The maximum atomic E-state index is 12.1. The van der Waals surface area contributed by atoms with Crippen LogP contribution in [0.25, 0.3) is 0 Å². The van der Waals surface area contributed by atoms with Crippen molar-refractivity contribution in [3.8, 4) is 11.5 Å². The molecule has 0 heterocycles. The molecule has 25 heavy (non-hydrogen) atoms. The van der Waals surface area contributed by atoms with E-state index in [0.717, 1.165) is 5.56 Å². The molecule has 0 unspecified atom stereocenters. The highest BCUT2D eigenvalue weighted by molar-refractivity contribution is 9.10. The topological polar surface area (TPSA) is 67.8 Å². The standard InChI is InChI=1S/C18H19BrClNO4/c1-3-24-16-7-12(9-22)6-14(19)18(16)25-10-17(23)21-13-5-4-11(2)15(20)8-13/h4-8,22H,3,9-10H2,1-2H3,(H,21,23). The molecule has 0 saturated carbocycles. The van der Waals surface area contributed by atoms with Gasteiger partial charge in [0.05, 0.1) is 17.7 Å². The lowest BCUT2D eigenvalue weighted by Gasteiger charge is -2.15. The smallest absolute Gasteiger partial charge is 0.262 e. The lowest BCUT2D eigenvalue weighted by atomic mass is 10.2. The second-order valence-electron chi connectivity index (χ2n) is 5.30. The number of aliphatic hydroxyl groups excluding tert-OH is 1. The average molecular weight is 429 g/mol. The fourth-order valence-electron chi connectivity index (χ4n) is 2.12. The van der Waals surface area contributed by atoms with Crippen molar-refractivity contribution in [3.63, 3.8) is 0 Å². The Balaban J connectivity index is 2.06. The Morgan fingerprint density at radius 3 is 2.68 bits per heavy atom. The number of carbonyl (C=O) groups excluding carboxylic acids is 1. The molecular formula is C18H19BrClNO4. The number of hydrogen-bond acceptors (Lipinski definition) is 4. The molecule has 0 aromatic heterocycles. The molecule has 0 spiro atoms. The maximum Gasteiger partial charge on any atom is 0.262 e. The molecule has 134 valence electrons. The first-order valence-corrected chi connectivity index (χ1v) is 8.86. The van der Waals surface area contributed by atoms with Gasteiger partial charge < -0.3 is 19.9 Å². The van der Waals surface area contributed by atoms with Gasteiger partial charge in [0.2, 0.25) is 0 Å². The van der Waals surface area contributed by atoms with E-state index in [-0.39, 0.29) is 19.1 Å². The summed E-state index contributed by atoms with van der Waals surface area (Å²) in [6.07, 6.45) is 0. The Morgan fingerprint density at radius 2 is 2.04 bits per heavy atom. The summed E-state index contributed by atoms with van der Waals surface area (Å²) in [5, 5.41) is 12.6. The predicted octanol–water partition coefficient (Wildman–Crippen LogP) is 4.32. The summed E-state index contributed by atoms with van der Waals surface area (Å²) in [6.45, 7) is 3.86. The summed E-state index contributed by atoms with van der Waals surface area (Å²) in [7, 11) is 0. The number of aliphatic hydroxyl groups is 1. The van der Waals surface area contributed by atoms with Crippen LogP contribution in [-0.4, -0.2) is 24.2 Å². The number of rotatable bonds is 7. The summed E-state index contributed by atoms with van der Waals surface area (Å²) in [4.78, 5) is 12.1. The molecule has 2 N–H and O–H groups in total. The minimum absolute atomic E-state index is 0.117. The number of carbonyl (C=O) groups is 1. The van der Waals surface area contributed by atoms with Gasteiger partial charge in [-0.25, -0.2) is 0 Å². The maximum absolute atomic E-state index is 12.1. The van der Waals surface area contributed by atoms with Crippen LogP contribution in [0.15, 0.2) is 34.8 Å². The van der Waals surface area contributed by atoms with Crippen LogP contribution in [-0.2, 0) is 11.4 Å². The number of benzene rings is 2. The Hall–Kier alpha value is -1.76. The molecule has 2 rings (SSSR count). The summed E-state index contributed by atoms with van der Waals surface area (Å²) in [5.41, 5.74) is 2.22. The summed E-state index contributed by atoms with van der Waals surface area (Å²) in [5.74, 6) is 0.559. The Kier molecular flexibility index (Phi) is 7.11. The van der Waals surface area contributed by atoms with Crippen molar-refractivity contribution in [2.45, 2.75) is 20.5 Å². The minimum atomic E-state index is -0.319. The Labute approximate surface area is 160 Å². The van der Waals surface area contributed by atoms with Crippen molar-refractivity contribution in [3.05, 3.63) is 51.0 Å². The number of hydrogen-bond donors (Lipinski definition) is 2. The van der Waals surface area contributed by atoms with Gasteiger partial charge in [-0.1, -0.05) is 17.7 Å². The summed E-state index contributed by atoms with van der Waals surface area (Å²) < 4.78 is 11.7. The molecule has 7 heteroatoms. The molecule has 5 nitrogen and oxygen atoms in total. The lowest BCUT2D eigenvalue weighted by molar-refractivity contribution is -0.118. The van der Waals surface area contributed by atoms with Gasteiger partial charge in [0.25, 0.3) is 5.91 Å². The summed E-state index contributed by atoms with van der Waals surface area (Å²) >= 11 is 9.43.